The molecular formula is C12H15BrN4. The zero-order valence-corrected chi connectivity index (χ0v) is 11.5. The maximum Gasteiger partial charge on any atom is 0.108 e. The second kappa shape index (κ2) is 5.42. The Kier molecular flexibility index (Phi) is 3.91. The van der Waals surface area contributed by atoms with Crippen molar-refractivity contribution in [2.75, 3.05) is 13.6 Å². The van der Waals surface area contributed by atoms with Gasteiger partial charge in [-0.2, -0.15) is 5.10 Å². The van der Waals surface area contributed by atoms with Crippen LogP contribution in [-0.2, 0) is 13.5 Å². The SMILES string of the molecule is CNCCc1c(Br)c(-c2cccnc2)nn1C. The molecule has 2 aromatic rings. The van der Waals surface area contributed by atoms with Gasteiger partial charge in [-0.05, 0) is 35.1 Å². The molecule has 0 aliphatic heterocycles. The lowest BCUT2D eigenvalue weighted by molar-refractivity contribution is 0.681. The summed E-state index contributed by atoms with van der Waals surface area (Å²) in [5.41, 5.74) is 3.18. The molecule has 0 radical (unpaired) electrons. The predicted molar refractivity (Wildman–Crippen MR) is 71.8 cm³/mol. The Bertz CT molecular complexity index is 493. The van der Waals surface area contributed by atoms with Crippen LogP contribution < -0.4 is 5.32 Å². The van der Waals surface area contributed by atoms with Gasteiger partial charge >= 0.3 is 0 Å². The number of aryl methyl sites for hydroxylation is 1. The van der Waals surface area contributed by atoms with Crippen molar-refractivity contribution in [1.82, 2.24) is 20.1 Å². The van der Waals surface area contributed by atoms with E-state index in [1.165, 1.54) is 5.69 Å². The van der Waals surface area contributed by atoms with Crippen LogP contribution in [0.3, 0.4) is 0 Å². The fourth-order valence-corrected chi connectivity index (χ4v) is 2.50. The molecule has 0 aromatic carbocycles. The molecule has 0 unspecified atom stereocenters. The first kappa shape index (κ1) is 12.3. The lowest BCUT2D eigenvalue weighted by atomic mass is 10.2. The topological polar surface area (TPSA) is 42.7 Å². The summed E-state index contributed by atoms with van der Waals surface area (Å²) in [4.78, 5) is 4.12. The van der Waals surface area contributed by atoms with Crippen LogP contribution in [0.2, 0.25) is 0 Å². The van der Waals surface area contributed by atoms with Crippen LogP contribution in [-0.4, -0.2) is 28.4 Å². The smallest absolute Gasteiger partial charge is 0.108 e. The molecule has 2 aromatic heterocycles. The fourth-order valence-electron chi connectivity index (χ4n) is 1.74. The molecule has 0 atom stereocenters. The summed E-state index contributed by atoms with van der Waals surface area (Å²) >= 11 is 3.63. The number of pyridine rings is 1. The Morgan fingerprint density at radius 1 is 1.47 bits per heavy atom. The maximum absolute atomic E-state index is 4.54. The molecule has 0 bridgehead atoms. The van der Waals surface area contributed by atoms with Crippen molar-refractivity contribution in [2.45, 2.75) is 6.42 Å². The number of hydrogen-bond donors (Lipinski definition) is 1. The third-order valence-corrected chi connectivity index (χ3v) is 3.48. The van der Waals surface area contributed by atoms with Crippen LogP contribution in [0.1, 0.15) is 5.69 Å². The molecular weight excluding hydrogens is 280 g/mol. The van der Waals surface area contributed by atoms with Gasteiger partial charge in [0.2, 0.25) is 0 Å². The number of rotatable bonds is 4. The Morgan fingerprint density at radius 3 is 2.94 bits per heavy atom. The summed E-state index contributed by atoms with van der Waals surface area (Å²) in [5, 5.41) is 7.68. The summed E-state index contributed by atoms with van der Waals surface area (Å²) in [6.07, 6.45) is 4.54. The van der Waals surface area contributed by atoms with Crippen molar-refractivity contribution in [3.8, 4) is 11.3 Å². The van der Waals surface area contributed by atoms with E-state index in [9.17, 15) is 0 Å². The van der Waals surface area contributed by atoms with Gasteiger partial charge in [-0.3, -0.25) is 9.67 Å². The second-order valence-corrected chi connectivity index (χ2v) is 4.62. The van der Waals surface area contributed by atoms with Gasteiger partial charge in [0, 0.05) is 38.0 Å². The molecule has 0 saturated heterocycles. The summed E-state index contributed by atoms with van der Waals surface area (Å²) in [7, 11) is 3.92. The molecule has 17 heavy (non-hydrogen) atoms. The number of likely N-dealkylation sites (N-methyl/N-ethyl adjacent to an activating group) is 1. The Balaban J connectivity index is 2.37. The predicted octanol–water partition coefficient (Wildman–Crippen LogP) is 2.01. The van der Waals surface area contributed by atoms with Crippen LogP contribution in [0.4, 0.5) is 0 Å². The van der Waals surface area contributed by atoms with Gasteiger partial charge in [0.1, 0.15) is 5.69 Å². The molecule has 1 N–H and O–H groups in total. The van der Waals surface area contributed by atoms with Crippen molar-refractivity contribution in [2.24, 2.45) is 7.05 Å². The lowest BCUT2D eigenvalue weighted by Crippen LogP contribution is -2.12. The molecule has 2 heterocycles. The molecule has 2 rings (SSSR count). The summed E-state index contributed by atoms with van der Waals surface area (Å²) in [5.74, 6) is 0. The van der Waals surface area contributed by atoms with E-state index in [0.717, 1.165) is 28.7 Å². The third kappa shape index (κ3) is 2.56. The minimum absolute atomic E-state index is 0.935. The van der Waals surface area contributed by atoms with Gasteiger partial charge in [0.05, 0.1) is 10.2 Å². The first-order valence-corrected chi connectivity index (χ1v) is 6.29. The summed E-state index contributed by atoms with van der Waals surface area (Å²) in [6, 6.07) is 3.94. The molecule has 0 amide bonds. The summed E-state index contributed by atoms with van der Waals surface area (Å²) in [6.45, 7) is 0.935. The van der Waals surface area contributed by atoms with E-state index >= 15 is 0 Å². The van der Waals surface area contributed by atoms with E-state index in [2.05, 4.69) is 31.3 Å². The number of aromatic nitrogens is 3. The molecule has 0 saturated carbocycles. The minimum atomic E-state index is 0.935. The highest BCUT2D eigenvalue weighted by Gasteiger charge is 2.14. The zero-order chi connectivity index (χ0) is 12.3. The van der Waals surface area contributed by atoms with Gasteiger partial charge in [-0.15, -0.1) is 0 Å². The molecule has 90 valence electrons. The molecule has 0 fully saturated rings. The first-order valence-electron chi connectivity index (χ1n) is 5.50. The van der Waals surface area contributed by atoms with Crippen molar-refractivity contribution in [3.63, 3.8) is 0 Å². The van der Waals surface area contributed by atoms with Crippen LogP contribution in [0, 0.1) is 0 Å². The van der Waals surface area contributed by atoms with E-state index in [-0.39, 0.29) is 0 Å². The van der Waals surface area contributed by atoms with Gasteiger partial charge in [0.15, 0.2) is 0 Å². The van der Waals surface area contributed by atoms with Crippen LogP contribution in [0.5, 0.6) is 0 Å². The van der Waals surface area contributed by atoms with Crippen LogP contribution in [0.25, 0.3) is 11.3 Å². The van der Waals surface area contributed by atoms with Crippen molar-refractivity contribution in [1.29, 1.82) is 0 Å². The van der Waals surface area contributed by atoms with Crippen LogP contribution in [0.15, 0.2) is 29.0 Å². The Labute approximate surface area is 109 Å². The Morgan fingerprint density at radius 2 is 2.29 bits per heavy atom. The number of nitrogens with one attached hydrogen (secondary N) is 1. The van der Waals surface area contributed by atoms with E-state index in [0.29, 0.717) is 0 Å². The largest absolute Gasteiger partial charge is 0.319 e. The molecule has 0 spiro atoms. The highest BCUT2D eigenvalue weighted by atomic mass is 79.9. The van der Waals surface area contributed by atoms with Gasteiger partial charge in [-0.1, -0.05) is 0 Å². The monoisotopic (exact) mass is 294 g/mol. The highest BCUT2D eigenvalue weighted by Crippen LogP contribution is 2.29. The number of nitrogens with zero attached hydrogens (tertiary/aromatic N) is 3. The van der Waals surface area contributed by atoms with Crippen molar-refractivity contribution >= 4 is 15.9 Å². The minimum Gasteiger partial charge on any atom is -0.319 e. The fraction of sp³-hybridized carbons (Fsp3) is 0.333. The van der Waals surface area contributed by atoms with E-state index in [4.69, 9.17) is 0 Å². The number of hydrogen-bond acceptors (Lipinski definition) is 3. The van der Waals surface area contributed by atoms with Crippen molar-refractivity contribution in [3.05, 3.63) is 34.7 Å². The van der Waals surface area contributed by atoms with E-state index < -0.39 is 0 Å². The normalized spacial score (nSPS) is 10.8. The average Bonchev–Trinajstić information content (AvgIpc) is 2.64. The molecule has 0 aliphatic carbocycles. The van der Waals surface area contributed by atoms with Gasteiger partial charge < -0.3 is 5.32 Å². The highest BCUT2D eigenvalue weighted by molar-refractivity contribution is 9.10. The van der Waals surface area contributed by atoms with Gasteiger partial charge in [-0.25, -0.2) is 0 Å². The van der Waals surface area contributed by atoms with Gasteiger partial charge in [0.25, 0.3) is 0 Å². The van der Waals surface area contributed by atoms with Crippen molar-refractivity contribution < 1.29 is 0 Å². The first-order chi connectivity index (χ1) is 8.24. The summed E-state index contributed by atoms with van der Waals surface area (Å²) < 4.78 is 2.98. The lowest BCUT2D eigenvalue weighted by Gasteiger charge is -2.01. The standard InChI is InChI=1S/C12H15BrN4/c1-14-7-5-10-11(13)12(16-17(10)2)9-4-3-6-15-8-9/h3-4,6,8,14H,5,7H2,1-2H3. The third-order valence-electron chi connectivity index (χ3n) is 2.65. The quantitative estimate of drug-likeness (QED) is 0.938. The van der Waals surface area contributed by atoms with E-state index in [1.54, 1.807) is 6.20 Å². The molecule has 5 heteroatoms. The maximum atomic E-state index is 4.54. The second-order valence-electron chi connectivity index (χ2n) is 3.83. The molecule has 4 nitrogen and oxygen atoms in total. The van der Waals surface area contributed by atoms with Crippen LogP contribution >= 0.6 is 15.9 Å². The Hall–Kier alpha value is -1.20. The number of halogens is 1. The molecule has 0 aliphatic rings. The average molecular weight is 295 g/mol. The zero-order valence-electron chi connectivity index (χ0n) is 9.94. The van der Waals surface area contributed by atoms with E-state index in [1.807, 2.05) is 37.1 Å².